The SMILES string of the molecule is [2H]/C(=C(/[2H])c1ccc2c(c1)C(C)(C)c1cc3c(cc1-2)c(-c1ccccc1)c(-c1ccccc1)n3-c1cccnc1)c1ccc(N(c2ccccc2)c2ccccc2)cc1. The van der Waals surface area contributed by atoms with Gasteiger partial charge in [0.05, 0.1) is 25.8 Å². The number of nitrogens with zero attached hydrogens (tertiary/aromatic N) is 3. The highest BCUT2D eigenvalue weighted by Gasteiger charge is 2.37. The van der Waals surface area contributed by atoms with Crippen molar-refractivity contribution >= 4 is 40.1 Å². The third-order valence-corrected chi connectivity index (χ3v) is 11.3. The van der Waals surface area contributed by atoms with Crippen molar-refractivity contribution < 1.29 is 2.74 Å². The topological polar surface area (TPSA) is 21.1 Å². The van der Waals surface area contributed by atoms with E-state index in [9.17, 15) is 2.74 Å². The summed E-state index contributed by atoms with van der Waals surface area (Å²) in [5, 5.41) is 1.17. The van der Waals surface area contributed by atoms with Gasteiger partial charge in [0.1, 0.15) is 0 Å². The summed E-state index contributed by atoms with van der Waals surface area (Å²) in [6.07, 6.45) is 3.76. The van der Waals surface area contributed by atoms with Crippen LogP contribution in [-0.2, 0) is 5.41 Å². The zero-order valence-electron chi connectivity index (χ0n) is 33.9. The molecule has 0 aliphatic heterocycles. The summed E-state index contributed by atoms with van der Waals surface area (Å²) in [7, 11) is 0. The van der Waals surface area contributed by atoms with Crippen LogP contribution in [0.25, 0.3) is 62.2 Å². The molecule has 2 aromatic heterocycles. The minimum atomic E-state index is -0.360. The van der Waals surface area contributed by atoms with Crippen molar-refractivity contribution in [3.8, 4) is 39.2 Å². The first-order valence-corrected chi connectivity index (χ1v) is 19.5. The molecule has 0 atom stereocenters. The third-order valence-electron chi connectivity index (χ3n) is 11.3. The lowest BCUT2D eigenvalue weighted by molar-refractivity contribution is 0.661. The molecule has 1 aliphatic carbocycles. The fourth-order valence-corrected chi connectivity index (χ4v) is 8.55. The average Bonchev–Trinajstić information content (AvgIpc) is 3.75. The highest BCUT2D eigenvalue weighted by atomic mass is 15.1. The van der Waals surface area contributed by atoms with E-state index >= 15 is 0 Å². The van der Waals surface area contributed by atoms with Gasteiger partial charge in [0.15, 0.2) is 0 Å². The molecular weight excluding hydrogens is 691 g/mol. The molecule has 3 heteroatoms. The van der Waals surface area contributed by atoms with Crippen LogP contribution in [0.2, 0.25) is 0 Å². The van der Waals surface area contributed by atoms with E-state index < -0.39 is 0 Å². The molecule has 0 saturated carbocycles. The zero-order valence-corrected chi connectivity index (χ0v) is 31.9. The maximum Gasteiger partial charge on any atom is 0.0645 e. The largest absolute Gasteiger partial charge is 0.311 e. The second-order valence-electron chi connectivity index (χ2n) is 15.1. The van der Waals surface area contributed by atoms with E-state index in [1.165, 1.54) is 22.1 Å². The van der Waals surface area contributed by atoms with Crippen LogP contribution in [0, 0.1) is 0 Å². The fourth-order valence-electron chi connectivity index (χ4n) is 8.55. The van der Waals surface area contributed by atoms with E-state index in [4.69, 9.17) is 0 Å². The number of aromatic nitrogens is 2. The molecule has 0 spiro atoms. The van der Waals surface area contributed by atoms with E-state index in [-0.39, 0.29) is 17.5 Å². The minimum Gasteiger partial charge on any atom is -0.311 e. The van der Waals surface area contributed by atoms with Crippen molar-refractivity contribution in [1.29, 1.82) is 0 Å². The molecule has 9 aromatic rings. The van der Waals surface area contributed by atoms with Gasteiger partial charge in [-0.1, -0.05) is 153 Å². The van der Waals surface area contributed by atoms with Gasteiger partial charge in [0, 0.05) is 39.6 Å². The van der Waals surface area contributed by atoms with Gasteiger partial charge in [-0.3, -0.25) is 4.98 Å². The molecule has 0 radical (unpaired) electrons. The average molecular weight is 734 g/mol. The number of benzene rings is 7. The molecule has 0 bridgehead atoms. The number of fused-ring (bicyclic) bond motifs is 4. The maximum absolute atomic E-state index is 9.33. The van der Waals surface area contributed by atoms with Crippen molar-refractivity contribution in [3.63, 3.8) is 0 Å². The van der Waals surface area contributed by atoms with Crippen LogP contribution in [0.5, 0.6) is 0 Å². The summed E-state index contributed by atoms with van der Waals surface area (Å²) in [6, 6.07) is 65.4. The zero-order chi connectivity index (χ0) is 40.1. The molecule has 0 N–H and O–H groups in total. The molecule has 7 aromatic carbocycles. The summed E-state index contributed by atoms with van der Waals surface area (Å²) in [5.74, 6) is 0. The Kier molecular flexibility index (Phi) is 7.94. The van der Waals surface area contributed by atoms with Crippen LogP contribution in [-0.4, -0.2) is 9.55 Å². The van der Waals surface area contributed by atoms with E-state index in [0.29, 0.717) is 5.56 Å². The van der Waals surface area contributed by atoms with Gasteiger partial charge in [0.25, 0.3) is 0 Å². The van der Waals surface area contributed by atoms with Gasteiger partial charge >= 0.3 is 0 Å². The number of para-hydroxylation sites is 2. The Bertz CT molecular complexity index is 2950. The number of hydrogen-bond acceptors (Lipinski definition) is 2. The van der Waals surface area contributed by atoms with Crippen molar-refractivity contribution in [2.75, 3.05) is 4.90 Å². The van der Waals surface area contributed by atoms with Gasteiger partial charge in [-0.2, -0.15) is 0 Å². The Balaban J connectivity index is 1.08. The van der Waals surface area contributed by atoms with Crippen LogP contribution in [0.1, 0.15) is 38.8 Å². The lowest BCUT2D eigenvalue weighted by Crippen LogP contribution is -2.15. The monoisotopic (exact) mass is 733 g/mol. The molecule has 3 nitrogen and oxygen atoms in total. The van der Waals surface area contributed by atoms with Crippen molar-refractivity contribution in [2.24, 2.45) is 0 Å². The van der Waals surface area contributed by atoms with Crippen LogP contribution in [0.4, 0.5) is 17.1 Å². The Morgan fingerprint density at radius 2 is 1.11 bits per heavy atom. The number of hydrogen-bond donors (Lipinski definition) is 0. The molecule has 0 unspecified atom stereocenters. The summed E-state index contributed by atoms with van der Waals surface area (Å²) < 4.78 is 20.9. The molecule has 0 fully saturated rings. The smallest absolute Gasteiger partial charge is 0.0645 e. The first-order valence-electron chi connectivity index (χ1n) is 20.5. The molecular formula is C54H41N3. The van der Waals surface area contributed by atoms with Crippen LogP contribution >= 0.6 is 0 Å². The third kappa shape index (κ3) is 6.05. The highest BCUT2D eigenvalue weighted by Crippen LogP contribution is 2.53. The molecule has 1 aliphatic rings. The highest BCUT2D eigenvalue weighted by molar-refractivity contribution is 6.08. The lowest BCUT2D eigenvalue weighted by atomic mass is 9.81. The lowest BCUT2D eigenvalue weighted by Gasteiger charge is -2.25. The van der Waals surface area contributed by atoms with Crippen LogP contribution in [0.15, 0.2) is 200 Å². The summed E-state index contributed by atoms with van der Waals surface area (Å²) in [4.78, 5) is 6.76. The number of anilines is 3. The second kappa shape index (κ2) is 14.1. The number of rotatable bonds is 8. The molecule has 57 heavy (non-hydrogen) atoms. The van der Waals surface area contributed by atoms with E-state index in [1.807, 2.05) is 85.2 Å². The van der Waals surface area contributed by atoms with E-state index in [1.54, 1.807) is 0 Å². The Hall–Kier alpha value is -7.23. The predicted molar refractivity (Wildman–Crippen MR) is 240 cm³/mol. The summed E-state index contributed by atoms with van der Waals surface area (Å²) >= 11 is 0. The number of pyridine rings is 1. The Morgan fingerprint density at radius 1 is 0.544 bits per heavy atom. The van der Waals surface area contributed by atoms with Gasteiger partial charge < -0.3 is 9.47 Å². The van der Waals surface area contributed by atoms with E-state index in [0.717, 1.165) is 61.8 Å². The standard InChI is InChI=1S/C54H41N3/c1-54(2)49-34-39(26-25-38-27-30-44(31-28-38)56(42-20-11-5-12-21-42)43-22-13-6-14-23-43)29-32-46(49)47-35-48-51(36-50(47)54)57(45-24-15-33-55-37-45)53(41-18-9-4-10-19-41)52(48)40-16-7-3-8-17-40/h3-37H,1-2H3/b26-25+/i25D,26D. The minimum absolute atomic E-state index is 0.188. The molecule has 272 valence electrons. The first-order chi connectivity index (χ1) is 28.9. The summed E-state index contributed by atoms with van der Waals surface area (Å²) in [5.41, 5.74) is 15.6. The van der Waals surface area contributed by atoms with Gasteiger partial charge in [-0.05, 0) is 105 Å². The predicted octanol–water partition coefficient (Wildman–Crippen LogP) is 14.3. The maximum atomic E-state index is 9.33. The second-order valence-corrected chi connectivity index (χ2v) is 15.1. The Labute approximate surface area is 337 Å². The molecule has 0 saturated heterocycles. The van der Waals surface area contributed by atoms with Crippen molar-refractivity contribution in [3.05, 3.63) is 223 Å². The van der Waals surface area contributed by atoms with Gasteiger partial charge in [-0.15, -0.1) is 0 Å². The quantitative estimate of drug-likeness (QED) is 0.145. The van der Waals surface area contributed by atoms with Crippen LogP contribution < -0.4 is 4.90 Å². The Morgan fingerprint density at radius 3 is 1.74 bits per heavy atom. The normalized spacial score (nSPS) is 13.6. The van der Waals surface area contributed by atoms with Crippen LogP contribution in [0.3, 0.4) is 0 Å². The first kappa shape index (κ1) is 32.1. The molecule has 0 amide bonds. The summed E-state index contributed by atoms with van der Waals surface area (Å²) in [6.45, 7) is 4.56. The van der Waals surface area contributed by atoms with Crippen molar-refractivity contribution in [1.82, 2.24) is 9.55 Å². The molecule has 2 heterocycles. The van der Waals surface area contributed by atoms with Gasteiger partial charge in [-0.25, -0.2) is 0 Å². The van der Waals surface area contributed by atoms with Crippen molar-refractivity contribution in [2.45, 2.75) is 19.3 Å². The molecule has 10 rings (SSSR count). The van der Waals surface area contributed by atoms with E-state index in [2.05, 4.69) is 144 Å². The van der Waals surface area contributed by atoms with Gasteiger partial charge in [0.2, 0.25) is 0 Å². The fraction of sp³-hybridized carbons (Fsp3) is 0.0556.